The molecule has 0 aliphatic heterocycles. The lowest BCUT2D eigenvalue weighted by molar-refractivity contribution is 0.132. The highest BCUT2D eigenvalue weighted by molar-refractivity contribution is 5.17. The number of ether oxygens (including phenoxy) is 2. The number of hydrogen-bond acceptors (Lipinski definition) is 4. The normalized spacial score (nSPS) is 10.9. The van der Waals surface area contributed by atoms with Gasteiger partial charge < -0.3 is 19.8 Å². The van der Waals surface area contributed by atoms with Crippen LogP contribution in [0, 0.1) is 5.92 Å². The Morgan fingerprint density at radius 2 is 2.17 bits per heavy atom. The standard InChI is InChI=1S/C13H22N2O3/c1-11(2)10-18-12-4-3-6-15(13(12)16)7-9-17-8-5-14/h3-4,6,11H,5,7-10,14H2,1-2H3. The molecule has 0 bridgehead atoms. The molecule has 1 aromatic heterocycles. The van der Waals surface area contributed by atoms with Crippen LogP contribution in [0.5, 0.6) is 5.75 Å². The van der Waals surface area contributed by atoms with Crippen molar-refractivity contribution in [2.75, 3.05) is 26.4 Å². The van der Waals surface area contributed by atoms with Gasteiger partial charge in [-0.25, -0.2) is 0 Å². The van der Waals surface area contributed by atoms with Gasteiger partial charge in [-0.3, -0.25) is 4.79 Å². The first-order chi connectivity index (χ1) is 8.65. The molecule has 102 valence electrons. The zero-order valence-electron chi connectivity index (χ0n) is 11.1. The van der Waals surface area contributed by atoms with E-state index in [2.05, 4.69) is 0 Å². The monoisotopic (exact) mass is 254 g/mol. The maximum Gasteiger partial charge on any atom is 0.292 e. The Labute approximate surface area is 108 Å². The van der Waals surface area contributed by atoms with Crippen molar-refractivity contribution in [1.82, 2.24) is 4.57 Å². The van der Waals surface area contributed by atoms with Crippen molar-refractivity contribution in [1.29, 1.82) is 0 Å². The Kier molecular flexibility index (Phi) is 6.46. The molecule has 0 spiro atoms. The van der Waals surface area contributed by atoms with Crippen LogP contribution in [0.15, 0.2) is 23.1 Å². The molecule has 0 radical (unpaired) electrons. The molecule has 0 aromatic carbocycles. The maximum atomic E-state index is 12.0. The van der Waals surface area contributed by atoms with Crippen molar-refractivity contribution < 1.29 is 9.47 Å². The molecule has 5 heteroatoms. The number of nitrogens with zero attached hydrogens (tertiary/aromatic N) is 1. The summed E-state index contributed by atoms with van der Waals surface area (Å²) in [6, 6.07) is 3.50. The quantitative estimate of drug-likeness (QED) is 0.699. The second kappa shape index (κ2) is 7.89. The summed E-state index contributed by atoms with van der Waals surface area (Å²) in [5.74, 6) is 0.788. The molecule has 5 nitrogen and oxygen atoms in total. The average molecular weight is 254 g/mol. The highest BCUT2D eigenvalue weighted by Crippen LogP contribution is 2.04. The topological polar surface area (TPSA) is 66.5 Å². The van der Waals surface area contributed by atoms with Gasteiger partial charge in [0.1, 0.15) is 0 Å². The van der Waals surface area contributed by atoms with E-state index < -0.39 is 0 Å². The minimum absolute atomic E-state index is 0.116. The van der Waals surface area contributed by atoms with E-state index in [0.717, 1.165) is 0 Å². The van der Waals surface area contributed by atoms with E-state index in [1.165, 1.54) is 0 Å². The van der Waals surface area contributed by atoms with E-state index in [9.17, 15) is 4.79 Å². The number of aromatic nitrogens is 1. The van der Waals surface area contributed by atoms with Gasteiger partial charge >= 0.3 is 0 Å². The summed E-state index contributed by atoms with van der Waals surface area (Å²) in [7, 11) is 0. The average Bonchev–Trinajstić information content (AvgIpc) is 2.35. The smallest absolute Gasteiger partial charge is 0.292 e. The van der Waals surface area contributed by atoms with Crippen molar-refractivity contribution >= 4 is 0 Å². The van der Waals surface area contributed by atoms with Crippen LogP contribution < -0.4 is 16.0 Å². The molecule has 0 fully saturated rings. The summed E-state index contributed by atoms with van der Waals surface area (Å²) in [4.78, 5) is 12.0. The van der Waals surface area contributed by atoms with Crippen LogP contribution in [-0.2, 0) is 11.3 Å². The highest BCUT2D eigenvalue weighted by atomic mass is 16.5. The van der Waals surface area contributed by atoms with Crippen molar-refractivity contribution in [3.8, 4) is 5.75 Å². The Morgan fingerprint density at radius 3 is 2.83 bits per heavy atom. The molecule has 0 amide bonds. The summed E-state index contributed by atoms with van der Waals surface area (Å²) < 4.78 is 12.3. The lowest BCUT2D eigenvalue weighted by Gasteiger charge is -2.11. The van der Waals surface area contributed by atoms with Gasteiger partial charge in [-0.1, -0.05) is 13.8 Å². The van der Waals surface area contributed by atoms with Crippen LogP contribution in [0.1, 0.15) is 13.8 Å². The molecular formula is C13H22N2O3. The van der Waals surface area contributed by atoms with Gasteiger partial charge in [0.2, 0.25) is 0 Å². The van der Waals surface area contributed by atoms with Gasteiger partial charge in [0.05, 0.1) is 19.8 Å². The van der Waals surface area contributed by atoms with Gasteiger partial charge in [0, 0.05) is 19.3 Å². The summed E-state index contributed by atoms with van der Waals surface area (Å²) in [6.45, 7) is 6.63. The van der Waals surface area contributed by atoms with E-state index in [1.54, 1.807) is 22.9 Å². The molecule has 1 rings (SSSR count). The largest absolute Gasteiger partial charge is 0.488 e. The van der Waals surface area contributed by atoms with Crippen LogP contribution in [0.25, 0.3) is 0 Å². The van der Waals surface area contributed by atoms with Crippen LogP contribution in [0.2, 0.25) is 0 Å². The van der Waals surface area contributed by atoms with Gasteiger partial charge in [0.25, 0.3) is 5.56 Å². The molecule has 0 unspecified atom stereocenters. The predicted octanol–water partition coefficient (Wildman–Crippen LogP) is 0.858. The van der Waals surface area contributed by atoms with E-state index in [-0.39, 0.29) is 5.56 Å². The van der Waals surface area contributed by atoms with Crippen molar-refractivity contribution in [3.63, 3.8) is 0 Å². The van der Waals surface area contributed by atoms with Gasteiger partial charge in [0.15, 0.2) is 5.75 Å². The predicted molar refractivity (Wildman–Crippen MR) is 70.9 cm³/mol. The molecule has 1 heterocycles. The Morgan fingerprint density at radius 1 is 1.39 bits per heavy atom. The third kappa shape index (κ3) is 4.89. The zero-order chi connectivity index (χ0) is 13.4. The fraction of sp³-hybridized carbons (Fsp3) is 0.615. The first-order valence-electron chi connectivity index (χ1n) is 6.25. The second-order valence-corrected chi connectivity index (χ2v) is 4.48. The highest BCUT2D eigenvalue weighted by Gasteiger charge is 2.05. The number of rotatable bonds is 8. The van der Waals surface area contributed by atoms with E-state index in [1.807, 2.05) is 13.8 Å². The summed E-state index contributed by atoms with van der Waals surface area (Å²) in [6.07, 6.45) is 1.73. The molecule has 2 N–H and O–H groups in total. The van der Waals surface area contributed by atoms with Gasteiger partial charge in [-0.15, -0.1) is 0 Å². The third-order valence-corrected chi connectivity index (χ3v) is 2.30. The Bertz CT molecular complexity index is 401. The molecule has 0 aliphatic rings. The van der Waals surface area contributed by atoms with Gasteiger partial charge in [-0.2, -0.15) is 0 Å². The minimum Gasteiger partial charge on any atom is -0.488 e. The van der Waals surface area contributed by atoms with Crippen LogP contribution >= 0.6 is 0 Å². The minimum atomic E-state index is -0.116. The summed E-state index contributed by atoms with van der Waals surface area (Å²) >= 11 is 0. The number of nitrogens with two attached hydrogens (primary N) is 1. The molecule has 1 aromatic rings. The molecule has 0 saturated heterocycles. The zero-order valence-corrected chi connectivity index (χ0v) is 11.1. The number of hydrogen-bond donors (Lipinski definition) is 1. The van der Waals surface area contributed by atoms with Crippen LogP contribution in [0.3, 0.4) is 0 Å². The Hall–Kier alpha value is -1.33. The van der Waals surface area contributed by atoms with Gasteiger partial charge in [-0.05, 0) is 18.1 Å². The third-order valence-electron chi connectivity index (χ3n) is 2.30. The summed E-state index contributed by atoms with van der Waals surface area (Å²) in [5.41, 5.74) is 5.20. The molecule has 18 heavy (non-hydrogen) atoms. The van der Waals surface area contributed by atoms with Crippen molar-refractivity contribution in [2.24, 2.45) is 11.7 Å². The lowest BCUT2D eigenvalue weighted by Crippen LogP contribution is -2.24. The van der Waals surface area contributed by atoms with E-state index in [0.29, 0.717) is 44.6 Å². The van der Waals surface area contributed by atoms with E-state index >= 15 is 0 Å². The summed E-state index contributed by atoms with van der Waals surface area (Å²) in [5, 5.41) is 0. The number of pyridine rings is 1. The Balaban J connectivity index is 2.58. The second-order valence-electron chi connectivity index (χ2n) is 4.48. The molecule has 0 saturated carbocycles. The first kappa shape index (κ1) is 14.7. The fourth-order valence-electron chi connectivity index (χ4n) is 1.41. The van der Waals surface area contributed by atoms with Crippen molar-refractivity contribution in [3.05, 3.63) is 28.7 Å². The van der Waals surface area contributed by atoms with Crippen LogP contribution in [-0.4, -0.2) is 30.9 Å². The van der Waals surface area contributed by atoms with Crippen LogP contribution in [0.4, 0.5) is 0 Å². The first-order valence-corrected chi connectivity index (χ1v) is 6.25. The maximum absolute atomic E-state index is 12.0. The SMILES string of the molecule is CC(C)COc1cccn(CCOCCN)c1=O. The molecule has 0 atom stereocenters. The fourth-order valence-corrected chi connectivity index (χ4v) is 1.41. The molecular weight excluding hydrogens is 232 g/mol. The molecule has 0 aliphatic carbocycles. The van der Waals surface area contributed by atoms with Crippen molar-refractivity contribution in [2.45, 2.75) is 20.4 Å². The van der Waals surface area contributed by atoms with E-state index in [4.69, 9.17) is 15.2 Å². The lowest BCUT2D eigenvalue weighted by atomic mass is 10.2.